The molecule has 4 rings (SSSR count). The van der Waals surface area contributed by atoms with Gasteiger partial charge in [0.1, 0.15) is 11.4 Å². The Hall–Kier alpha value is -4.15. The number of primary amides is 1. The summed E-state index contributed by atoms with van der Waals surface area (Å²) in [6, 6.07) is 9.27. The van der Waals surface area contributed by atoms with Gasteiger partial charge in [0.25, 0.3) is 5.91 Å². The van der Waals surface area contributed by atoms with E-state index in [-0.39, 0.29) is 34.6 Å². The minimum atomic E-state index is -4.55. The predicted octanol–water partition coefficient (Wildman–Crippen LogP) is 2.57. The molecule has 0 unspecified atom stereocenters. The largest absolute Gasteiger partial charge is 0.417 e. The molecule has 1 saturated heterocycles. The van der Waals surface area contributed by atoms with E-state index in [2.05, 4.69) is 20.3 Å². The van der Waals surface area contributed by atoms with Crippen molar-refractivity contribution in [3.63, 3.8) is 0 Å². The highest BCUT2D eigenvalue weighted by Crippen LogP contribution is 2.28. The van der Waals surface area contributed by atoms with Crippen LogP contribution in [0, 0.1) is 5.92 Å². The van der Waals surface area contributed by atoms with Gasteiger partial charge in [0.05, 0.1) is 5.56 Å². The Morgan fingerprint density at radius 2 is 1.79 bits per heavy atom. The molecule has 3 N–H and O–H groups in total. The second-order valence-electron chi connectivity index (χ2n) is 7.75. The van der Waals surface area contributed by atoms with Crippen LogP contribution in [0.15, 0.2) is 48.7 Å². The summed E-state index contributed by atoms with van der Waals surface area (Å²) < 4.78 is 38.1. The highest BCUT2D eigenvalue weighted by Gasteiger charge is 2.31. The molecule has 3 heterocycles. The molecule has 3 aromatic rings. The van der Waals surface area contributed by atoms with Crippen LogP contribution in [0.5, 0.6) is 0 Å². The lowest BCUT2D eigenvalue weighted by Gasteiger charge is -2.10. The lowest BCUT2D eigenvalue weighted by Crippen LogP contribution is -2.21. The number of halogens is 3. The minimum Gasteiger partial charge on any atom is -0.364 e. The number of hydrogen-bond donors (Lipinski definition) is 2. The third kappa shape index (κ3) is 4.92. The van der Waals surface area contributed by atoms with Crippen LogP contribution in [-0.2, 0) is 17.4 Å². The molecule has 11 heteroatoms. The second-order valence-corrected chi connectivity index (χ2v) is 7.75. The Balaban J connectivity index is 1.58. The Labute approximate surface area is 191 Å². The predicted molar refractivity (Wildman–Crippen MR) is 113 cm³/mol. The third-order valence-corrected chi connectivity index (χ3v) is 5.38. The molecule has 1 aliphatic rings. The zero-order valence-corrected chi connectivity index (χ0v) is 17.6. The van der Waals surface area contributed by atoms with Crippen molar-refractivity contribution in [3.8, 4) is 11.4 Å². The highest BCUT2D eigenvalue weighted by atomic mass is 19.4. The molecule has 0 saturated carbocycles. The van der Waals surface area contributed by atoms with E-state index in [9.17, 15) is 27.6 Å². The minimum absolute atomic E-state index is 0.00693. The monoisotopic (exact) mass is 469 g/mol. The van der Waals surface area contributed by atoms with Gasteiger partial charge in [0.15, 0.2) is 5.82 Å². The number of carbonyl (C=O) groups is 3. The molecule has 2 aromatic heterocycles. The standard InChI is InChI=1S/C23H18F3N5O3/c24-23(25,26)15-5-6-17(29-11-15)19(32)12-1-3-13(4-2-12)21-30-16(10-18(31-21)20(27)33)9-14-7-8-28-22(14)34/h1-6,10-11,14H,7-9H2,(H2,27,33)(H,28,34)/t14-/m1/s1. The molecule has 0 radical (unpaired) electrons. The number of benzene rings is 1. The number of nitrogens with one attached hydrogen (secondary N) is 1. The third-order valence-electron chi connectivity index (χ3n) is 5.38. The topological polar surface area (TPSA) is 128 Å². The first-order valence-electron chi connectivity index (χ1n) is 10.3. The maximum atomic E-state index is 12.7. The van der Waals surface area contributed by atoms with Gasteiger partial charge >= 0.3 is 6.18 Å². The van der Waals surface area contributed by atoms with Crippen molar-refractivity contribution in [1.29, 1.82) is 0 Å². The number of alkyl halides is 3. The van der Waals surface area contributed by atoms with E-state index >= 15 is 0 Å². The molecule has 1 atom stereocenters. The van der Waals surface area contributed by atoms with Crippen LogP contribution in [-0.4, -0.2) is 39.1 Å². The van der Waals surface area contributed by atoms with Gasteiger partial charge in [0, 0.05) is 41.9 Å². The van der Waals surface area contributed by atoms with Gasteiger partial charge in [-0.05, 0) is 24.6 Å². The van der Waals surface area contributed by atoms with Gasteiger partial charge in [-0.1, -0.05) is 24.3 Å². The molecular weight excluding hydrogens is 451 g/mol. The van der Waals surface area contributed by atoms with Crippen molar-refractivity contribution < 1.29 is 27.6 Å². The fourth-order valence-electron chi connectivity index (χ4n) is 3.56. The maximum absolute atomic E-state index is 12.7. The maximum Gasteiger partial charge on any atom is 0.417 e. The molecular formula is C23H18F3N5O3. The van der Waals surface area contributed by atoms with E-state index in [1.54, 1.807) is 12.1 Å². The summed E-state index contributed by atoms with van der Waals surface area (Å²) in [5.41, 5.74) is 5.48. The lowest BCUT2D eigenvalue weighted by molar-refractivity contribution is -0.137. The number of carbonyl (C=O) groups excluding carboxylic acids is 3. The first kappa shape index (κ1) is 23.0. The highest BCUT2D eigenvalue weighted by molar-refractivity contribution is 6.07. The quantitative estimate of drug-likeness (QED) is 0.534. The smallest absolute Gasteiger partial charge is 0.364 e. The summed E-state index contributed by atoms with van der Waals surface area (Å²) in [6.07, 6.45) is -2.97. The van der Waals surface area contributed by atoms with Crippen LogP contribution in [0.1, 0.15) is 44.2 Å². The molecule has 0 bridgehead atoms. The molecule has 8 nitrogen and oxygen atoms in total. The van der Waals surface area contributed by atoms with Crippen molar-refractivity contribution in [1.82, 2.24) is 20.3 Å². The van der Waals surface area contributed by atoms with Gasteiger partial charge < -0.3 is 11.1 Å². The molecule has 1 fully saturated rings. The van der Waals surface area contributed by atoms with Crippen LogP contribution in [0.25, 0.3) is 11.4 Å². The van der Waals surface area contributed by atoms with Crippen molar-refractivity contribution in [2.45, 2.75) is 19.0 Å². The van der Waals surface area contributed by atoms with Crippen molar-refractivity contribution in [3.05, 3.63) is 76.9 Å². The van der Waals surface area contributed by atoms with Gasteiger partial charge in [-0.25, -0.2) is 9.97 Å². The van der Waals surface area contributed by atoms with Crippen LogP contribution < -0.4 is 11.1 Å². The summed E-state index contributed by atoms with van der Waals surface area (Å²) in [5.74, 6) is -1.46. The van der Waals surface area contributed by atoms with Crippen molar-refractivity contribution >= 4 is 17.6 Å². The summed E-state index contributed by atoms with van der Waals surface area (Å²) in [4.78, 5) is 48.5. The van der Waals surface area contributed by atoms with Crippen LogP contribution in [0.3, 0.4) is 0 Å². The van der Waals surface area contributed by atoms with E-state index in [0.29, 0.717) is 36.8 Å². The molecule has 1 aromatic carbocycles. The van der Waals surface area contributed by atoms with Gasteiger partial charge in [0.2, 0.25) is 11.7 Å². The number of rotatable bonds is 6. The normalized spacial score (nSPS) is 15.7. The first-order valence-corrected chi connectivity index (χ1v) is 10.3. The number of nitrogens with two attached hydrogens (primary N) is 1. The van der Waals surface area contributed by atoms with Gasteiger partial charge in [-0.3, -0.25) is 19.4 Å². The van der Waals surface area contributed by atoms with Crippen LogP contribution >= 0.6 is 0 Å². The van der Waals surface area contributed by atoms with Crippen molar-refractivity contribution in [2.24, 2.45) is 11.7 Å². The number of hydrogen-bond acceptors (Lipinski definition) is 6. The number of ketones is 1. The van der Waals surface area contributed by atoms with E-state index < -0.39 is 23.4 Å². The fourth-order valence-corrected chi connectivity index (χ4v) is 3.56. The molecule has 0 aliphatic carbocycles. The number of amides is 2. The summed E-state index contributed by atoms with van der Waals surface area (Å²) in [6.45, 7) is 0.577. The fraction of sp³-hybridized carbons (Fsp3) is 0.217. The summed E-state index contributed by atoms with van der Waals surface area (Å²) in [5, 5.41) is 2.75. The van der Waals surface area contributed by atoms with E-state index in [1.807, 2.05) is 0 Å². The Kier molecular flexibility index (Phi) is 6.10. The lowest BCUT2D eigenvalue weighted by atomic mass is 10.0. The van der Waals surface area contributed by atoms with E-state index in [0.717, 1.165) is 12.1 Å². The first-order chi connectivity index (χ1) is 16.1. The Morgan fingerprint density at radius 3 is 2.35 bits per heavy atom. The van der Waals surface area contributed by atoms with Crippen molar-refractivity contribution in [2.75, 3.05) is 6.54 Å². The van der Waals surface area contributed by atoms with Gasteiger partial charge in [-0.2, -0.15) is 13.2 Å². The van der Waals surface area contributed by atoms with Crippen LogP contribution in [0.2, 0.25) is 0 Å². The molecule has 1 aliphatic heterocycles. The summed E-state index contributed by atoms with van der Waals surface area (Å²) in [7, 11) is 0. The Morgan fingerprint density at radius 1 is 1.06 bits per heavy atom. The average Bonchev–Trinajstić information content (AvgIpc) is 3.22. The molecule has 174 valence electrons. The number of aromatic nitrogens is 3. The number of nitrogens with zero attached hydrogens (tertiary/aromatic N) is 3. The zero-order valence-electron chi connectivity index (χ0n) is 17.6. The SMILES string of the molecule is NC(=O)c1cc(C[C@H]2CCNC2=O)nc(-c2ccc(C(=O)c3ccc(C(F)(F)F)cn3)cc2)n1. The average molecular weight is 469 g/mol. The second kappa shape index (κ2) is 9.00. The van der Waals surface area contributed by atoms with E-state index in [4.69, 9.17) is 5.73 Å². The molecule has 0 spiro atoms. The van der Waals surface area contributed by atoms with Gasteiger partial charge in [-0.15, -0.1) is 0 Å². The van der Waals surface area contributed by atoms with Crippen LogP contribution in [0.4, 0.5) is 13.2 Å². The van der Waals surface area contributed by atoms with E-state index in [1.165, 1.54) is 18.2 Å². The molecule has 34 heavy (non-hydrogen) atoms. The zero-order chi connectivity index (χ0) is 24.5. The molecule has 2 amide bonds. The Bertz CT molecular complexity index is 1260. The number of pyridine rings is 1. The summed E-state index contributed by atoms with van der Waals surface area (Å²) >= 11 is 0.